The molecule has 1 aromatic rings. The molecule has 1 aromatic carbocycles. The fraction of sp³-hybridized carbons (Fsp3) is 0.571. The van der Waals surface area contributed by atoms with Crippen LogP contribution in [0.15, 0.2) is 24.3 Å². The van der Waals surface area contributed by atoms with E-state index in [1.165, 1.54) is 17.5 Å². The van der Waals surface area contributed by atoms with E-state index in [0.717, 1.165) is 6.54 Å². The first-order valence-corrected chi connectivity index (χ1v) is 5.99. The first-order valence-electron chi connectivity index (χ1n) is 5.99. The monoisotopic (exact) mass is 205 g/mol. The van der Waals surface area contributed by atoms with Gasteiger partial charge in [-0.15, -0.1) is 0 Å². The van der Waals surface area contributed by atoms with E-state index in [0.29, 0.717) is 12.0 Å². The molecule has 2 unspecified atom stereocenters. The minimum absolute atomic E-state index is 0.558. The van der Waals surface area contributed by atoms with Crippen molar-refractivity contribution in [2.24, 2.45) is 0 Å². The highest BCUT2D eigenvalue weighted by Crippen LogP contribution is 2.23. The van der Waals surface area contributed by atoms with Crippen LogP contribution in [0.2, 0.25) is 0 Å². The highest BCUT2D eigenvalue weighted by atomic mass is 14.9. The Hall–Kier alpha value is -0.820. The lowest BCUT2D eigenvalue weighted by Crippen LogP contribution is -2.31. The Balaban J connectivity index is 2.77. The average Bonchev–Trinajstić information content (AvgIpc) is 2.22. The van der Waals surface area contributed by atoms with E-state index in [-0.39, 0.29) is 0 Å². The van der Waals surface area contributed by atoms with Gasteiger partial charge in [-0.1, -0.05) is 43.7 Å². The Morgan fingerprint density at radius 3 is 2.20 bits per heavy atom. The minimum Gasteiger partial charge on any atom is -0.314 e. The smallest absolute Gasteiger partial charge is 0.0107 e. The summed E-state index contributed by atoms with van der Waals surface area (Å²) in [6.07, 6.45) is 1.19. The van der Waals surface area contributed by atoms with Crippen molar-refractivity contribution in [1.82, 2.24) is 5.32 Å². The number of benzene rings is 1. The molecule has 0 bridgehead atoms. The Morgan fingerprint density at radius 2 is 1.73 bits per heavy atom. The third-order valence-electron chi connectivity index (χ3n) is 3.07. The van der Waals surface area contributed by atoms with Crippen LogP contribution < -0.4 is 5.32 Å². The molecule has 84 valence electrons. The highest BCUT2D eigenvalue weighted by molar-refractivity contribution is 5.25. The van der Waals surface area contributed by atoms with Gasteiger partial charge in [0.15, 0.2) is 0 Å². The van der Waals surface area contributed by atoms with E-state index in [1.807, 2.05) is 0 Å². The molecule has 0 aromatic heterocycles. The lowest BCUT2D eigenvalue weighted by molar-refractivity contribution is 0.460. The van der Waals surface area contributed by atoms with Gasteiger partial charge in [-0.05, 0) is 38.3 Å². The van der Waals surface area contributed by atoms with E-state index in [1.54, 1.807) is 0 Å². The van der Waals surface area contributed by atoms with Gasteiger partial charge in [-0.3, -0.25) is 0 Å². The predicted molar refractivity (Wildman–Crippen MR) is 67.3 cm³/mol. The summed E-state index contributed by atoms with van der Waals surface area (Å²) in [5.74, 6) is 0.630. The van der Waals surface area contributed by atoms with Crippen molar-refractivity contribution in [3.05, 3.63) is 35.4 Å². The molecule has 1 heteroatoms. The Bertz CT molecular complexity index is 276. The standard InChI is InChI=1S/C14H23N/c1-5-14(12(4)15-6-2)13-9-7-11(3)8-10-13/h7-10,12,14-15H,5-6H2,1-4H3. The minimum atomic E-state index is 0.558. The second kappa shape index (κ2) is 5.92. The molecule has 0 radical (unpaired) electrons. The third-order valence-corrected chi connectivity index (χ3v) is 3.07. The first kappa shape index (κ1) is 12.3. The maximum atomic E-state index is 3.51. The van der Waals surface area contributed by atoms with Gasteiger partial charge in [-0.25, -0.2) is 0 Å². The van der Waals surface area contributed by atoms with Gasteiger partial charge in [0.1, 0.15) is 0 Å². The number of rotatable bonds is 5. The van der Waals surface area contributed by atoms with Gasteiger partial charge in [0.25, 0.3) is 0 Å². The molecule has 1 rings (SSSR count). The summed E-state index contributed by atoms with van der Waals surface area (Å²) in [7, 11) is 0. The summed E-state index contributed by atoms with van der Waals surface area (Å²) in [4.78, 5) is 0. The van der Waals surface area contributed by atoms with Crippen molar-refractivity contribution >= 4 is 0 Å². The second-order valence-electron chi connectivity index (χ2n) is 4.27. The molecule has 0 amide bonds. The molecule has 1 N–H and O–H groups in total. The number of nitrogens with one attached hydrogen (secondary N) is 1. The van der Waals surface area contributed by atoms with Crippen LogP contribution in [0.1, 0.15) is 44.2 Å². The van der Waals surface area contributed by atoms with Gasteiger partial charge >= 0.3 is 0 Å². The van der Waals surface area contributed by atoms with E-state index >= 15 is 0 Å². The van der Waals surface area contributed by atoms with Crippen LogP contribution in [0.3, 0.4) is 0 Å². The molecule has 2 atom stereocenters. The van der Waals surface area contributed by atoms with Crippen LogP contribution in [0.5, 0.6) is 0 Å². The maximum absolute atomic E-state index is 3.51. The molecule has 0 spiro atoms. The van der Waals surface area contributed by atoms with Crippen molar-refractivity contribution in [3.8, 4) is 0 Å². The van der Waals surface area contributed by atoms with Gasteiger partial charge in [-0.2, -0.15) is 0 Å². The molecule has 15 heavy (non-hydrogen) atoms. The maximum Gasteiger partial charge on any atom is 0.0107 e. The molecule has 0 fully saturated rings. The summed E-state index contributed by atoms with van der Waals surface area (Å²) in [6.45, 7) is 9.89. The summed E-state index contributed by atoms with van der Waals surface area (Å²) in [5.41, 5.74) is 2.79. The number of hydrogen-bond acceptors (Lipinski definition) is 1. The Kier molecular flexibility index (Phi) is 4.83. The third kappa shape index (κ3) is 3.35. The molecule has 0 aliphatic heterocycles. The summed E-state index contributed by atoms with van der Waals surface area (Å²) >= 11 is 0. The molecule has 0 saturated heterocycles. The lowest BCUT2D eigenvalue weighted by atomic mass is 9.89. The predicted octanol–water partition coefficient (Wildman–Crippen LogP) is 3.49. The van der Waals surface area contributed by atoms with Crippen molar-refractivity contribution in [2.45, 2.75) is 46.1 Å². The number of aryl methyl sites for hydroxylation is 1. The van der Waals surface area contributed by atoms with Crippen molar-refractivity contribution in [2.75, 3.05) is 6.54 Å². The molecular formula is C14H23N. The molecule has 0 saturated carbocycles. The van der Waals surface area contributed by atoms with Crippen LogP contribution in [0.4, 0.5) is 0 Å². The molecule has 0 heterocycles. The summed E-state index contributed by atoms with van der Waals surface area (Å²) in [5, 5.41) is 3.51. The van der Waals surface area contributed by atoms with E-state index in [4.69, 9.17) is 0 Å². The van der Waals surface area contributed by atoms with Crippen LogP contribution in [-0.2, 0) is 0 Å². The zero-order chi connectivity index (χ0) is 11.3. The lowest BCUT2D eigenvalue weighted by Gasteiger charge is -2.24. The van der Waals surface area contributed by atoms with Gasteiger partial charge < -0.3 is 5.32 Å². The van der Waals surface area contributed by atoms with Crippen LogP contribution >= 0.6 is 0 Å². The normalized spacial score (nSPS) is 14.9. The van der Waals surface area contributed by atoms with Crippen molar-refractivity contribution < 1.29 is 0 Å². The fourth-order valence-electron chi connectivity index (χ4n) is 2.16. The van der Waals surface area contributed by atoms with Gasteiger partial charge in [0, 0.05) is 6.04 Å². The number of likely N-dealkylation sites (N-methyl/N-ethyl adjacent to an activating group) is 1. The molecule has 0 aliphatic carbocycles. The van der Waals surface area contributed by atoms with Crippen LogP contribution in [0, 0.1) is 6.92 Å². The van der Waals surface area contributed by atoms with E-state index in [9.17, 15) is 0 Å². The van der Waals surface area contributed by atoms with Crippen LogP contribution in [-0.4, -0.2) is 12.6 Å². The molecule has 1 nitrogen and oxygen atoms in total. The SMILES string of the molecule is CCNC(C)C(CC)c1ccc(C)cc1. The molecule has 0 aliphatic rings. The highest BCUT2D eigenvalue weighted by Gasteiger charge is 2.15. The van der Waals surface area contributed by atoms with E-state index < -0.39 is 0 Å². The summed E-state index contributed by atoms with van der Waals surface area (Å²) in [6, 6.07) is 9.49. The quantitative estimate of drug-likeness (QED) is 0.776. The Morgan fingerprint density at radius 1 is 1.13 bits per heavy atom. The van der Waals surface area contributed by atoms with Crippen molar-refractivity contribution in [1.29, 1.82) is 0 Å². The number of hydrogen-bond donors (Lipinski definition) is 1. The Labute approximate surface area is 93.9 Å². The topological polar surface area (TPSA) is 12.0 Å². The van der Waals surface area contributed by atoms with Crippen LogP contribution in [0.25, 0.3) is 0 Å². The molecular weight excluding hydrogens is 182 g/mol. The fourth-order valence-corrected chi connectivity index (χ4v) is 2.16. The van der Waals surface area contributed by atoms with Gasteiger partial charge in [0.2, 0.25) is 0 Å². The van der Waals surface area contributed by atoms with Crippen molar-refractivity contribution in [3.63, 3.8) is 0 Å². The zero-order valence-electron chi connectivity index (χ0n) is 10.4. The average molecular weight is 205 g/mol. The summed E-state index contributed by atoms with van der Waals surface area (Å²) < 4.78 is 0. The van der Waals surface area contributed by atoms with E-state index in [2.05, 4.69) is 57.3 Å². The van der Waals surface area contributed by atoms with Gasteiger partial charge in [0.05, 0.1) is 0 Å². The first-order chi connectivity index (χ1) is 7.19. The largest absolute Gasteiger partial charge is 0.314 e. The second-order valence-corrected chi connectivity index (χ2v) is 4.27. The zero-order valence-corrected chi connectivity index (χ0v) is 10.4.